The standard InChI is InChI=1S/C24H22F5N3O4/c1-10-17(12-5-6-13(25)18(26)20(12)34-3)21(36-23(10,2)24(27,28)29)19-14(30)7-11-9-31-16(22(33)35-4)8-15(11)32-19/h5-6,8-10,17,21,30H,7H2,1-4H3/t10-,17?,21?,23+/m0/s1. The maximum Gasteiger partial charge on any atom is 0.417 e. The van der Waals surface area contributed by atoms with Gasteiger partial charge in [0.25, 0.3) is 0 Å². The van der Waals surface area contributed by atoms with Crippen molar-refractivity contribution in [3.05, 3.63) is 52.9 Å². The summed E-state index contributed by atoms with van der Waals surface area (Å²) >= 11 is 0. The van der Waals surface area contributed by atoms with Gasteiger partial charge >= 0.3 is 12.1 Å². The second-order valence-corrected chi connectivity index (χ2v) is 8.78. The van der Waals surface area contributed by atoms with Crippen molar-refractivity contribution in [1.82, 2.24) is 4.98 Å². The molecule has 7 nitrogen and oxygen atoms in total. The molecule has 0 saturated carbocycles. The van der Waals surface area contributed by atoms with Gasteiger partial charge in [-0.2, -0.15) is 17.6 Å². The zero-order chi connectivity index (χ0) is 26.6. The first-order chi connectivity index (χ1) is 16.8. The van der Waals surface area contributed by atoms with Crippen LogP contribution in [0.15, 0.2) is 29.4 Å². The number of methoxy groups -OCH3 is 2. The van der Waals surface area contributed by atoms with E-state index < -0.39 is 53.1 Å². The minimum absolute atomic E-state index is 0.0405. The van der Waals surface area contributed by atoms with E-state index in [2.05, 4.69) is 14.7 Å². The fraction of sp³-hybridized carbons (Fsp3) is 0.417. The minimum Gasteiger partial charge on any atom is -0.493 e. The van der Waals surface area contributed by atoms with Crippen LogP contribution in [-0.4, -0.2) is 54.5 Å². The van der Waals surface area contributed by atoms with E-state index in [1.165, 1.54) is 26.3 Å². The number of aromatic nitrogens is 1. The average Bonchev–Trinajstić information content (AvgIpc) is 3.10. The van der Waals surface area contributed by atoms with Crippen LogP contribution in [0, 0.1) is 23.0 Å². The molecule has 0 amide bonds. The van der Waals surface area contributed by atoms with E-state index in [1.807, 2.05) is 0 Å². The highest BCUT2D eigenvalue weighted by Crippen LogP contribution is 2.55. The lowest BCUT2D eigenvalue weighted by Crippen LogP contribution is -2.47. The van der Waals surface area contributed by atoms with Crippen LogP contribution < -0.4 is 4.74 Å². The third kappa shape index (κ3) is 3.93. The average molecular weight is 511 g/mol. The number of rotatable bonds is 4. The number of aliphatic imine (C=N–C) groups is 1. The van der Waals surface area contributed by atoms with E-state index in [1.54, 1.807) is 0 Å². The first kappa shape index (κ1) is 25.7. The van der Waals surface area contributed by atoms with Gasteiger partial charge in [-0.3, -0.25) is 0 Å². The van der Waals surface area contributed by atoms with E-state index in [0.29, 0.717) is 5.56 Å². The van der Waals surface area contributed by atoms with E-state index in [0.717, 1.165) is 26.2 Å². The topological polar surface area (TPSA) is 93.9 Å². The van der Waals surface area contributed by atoms with Crippen molar-refractivity contribution in [2.75, 3.05) is 14.2 Å². The molecule has 1 saturated heterocycles. The third-order valence-electron chi connectivity index (χ3n) is 6.86. The van der Waals surface area contributed by atoms with Gasteiger partial charge < -0.3 is 19.6 Å². The maximum absolute atomic E-state index is 14.6. The number of nitrogens with zero attached hydrogens (tertiary/aromatic N) is 2. The van der Waals surface area contributed by atoms with Crippen molar-refractivity contribution in [3.63, 3.8) is 0 Å². The van der Waals surface area contributed by atoms with Crippen LogP contribution >= 0.6 is 0 Å². The number of fused-ring (bicyclic) bond motifs is 1. The minimum atomic E-state index is -4.83. The highest BCUT2D eigenvalue weighted by Gasteiger charge is 2.65. The number of halogens is 5. The van der Waals surface area contributed by atoms with Crippen LogP contribution in [0.4, 0.5) is 27.6 Å². The quantitative estimate of drug-likeness (QED) is 0.464. The first-order valence-corrected chi connectivity index (χ1v) is 10.8. The molecule has 192 valence electrons. The summed E-state index contributed by atoms with van der Waals surface area (Å²) in [5.41, 5.74) is -2.39. The molecule has 1 N–H and O–H groups in total. The van der Waals surface area contributed by atoms with Crippen molar-refractivity contribution in [1.29, 1.82) is 5.41 Å². The molecule has 36 heavy (non-hydrogen) atoms. The molecule has 4 atom stereocenters. The smallest absolute Gasteiger partial charge is 0.417 e. The predicted molar refractivity (Wildman–Crippen MR) is 118 cm³/mol. The summed E-state index contributed by atoms with van der Waals surface area (Å²) < 4.78 is 86.5. The molecule has 0 bridgehead atoms. The van der Waals surface area contributed by atoms with E-state index in [4.69, 9.17) is 14.9 Å². The van der Waals surface area contributed by atoms with Crippen molar-refractivity contribution in [3.8, 4) is 5.75 Å². The van der Waals surface area contributed by atoms with E-state index in [9.17, 15) is 26.7 Å². The SMILES string of the molecule is COC(=O)c1cc2c(cn1)CC(=N)C(C1O[C@@](C)(C(F)(F)F)[C@@H](C)C1c1ccc(F)c(F)c1OC)=N2. The second-order valence-electron chi connectivity index (χ2n) is 8.78. The zero-order valence-electron chi connectivity index (χ0n) is 19.7. The zero-order valence-corrected chi connectivity index (χ0v) is 19.7. The molecule has 1 fully saturated rings. The molecule has 3 heterocycles. The Kier molecular flexibility index (Phi) is 6.36. The molecule has 0 aliphatic carbocycles. The Morgan fingerprint density at radius 2 is 1.94 bits per heavy atom. The number of esters is 1. The number of carbonyl (C=O) groups is 1. The van der Waals surface area contributed by atoms with Crippen LogP contribution in [0.2, 0.25) is 0 Å². The fourth-order valence-electron chi connectivity index (χ4n) is 4.69. The molecule has 4 rings (SSSR count). The third-order valence-corrected chi connectivity index (χ3v) is 6.86. The first-order valence-electron chi connectivity index (χ1n) is 10.8. The summed E-state index contributed by atoms with van der Waals surface area (Å²) in [5, 5.41) is 8.52. The normalized spacial score (nSPS) is 25.9. The highest BCUT2D eigenvalue weighted by atomic mass is 19.4. The lowest BCUT2D eigenvalue weighted by atomic mass is 9.75. The van der Waals surface area contributed by atoms with Crippen LogP contribution in [0.25, 0.3) is 0 Å². The van der Waals surface area contributed by atoms with Gasteiger partial charge in [0.15, 0.2) is 22.9 Å². The van der Waals surface area contributed by atoms with Crippen LogP contribution in [0.5, 0.6) is 5.75 Å². The number of alkyl halides is 3. The number of pyridine rings is 1. The highest BCUT2D eigenvalue weighted by molar-refractivity contribution is 6.44. The Morgan fingerprint density at radius 3 is 2.56 bits per heavy atom. The Labute approximate surface area is 202 Å². The lowest BCUT2D eigenvalue weighted by molar-refractivity contribution is -0.270. The van der Waals surface area contributed by atoms with Gasteiger partial charge in [-0.25, -0.2) is 19.2 Å². The molecule has 12 heteroatoms. The largest absolute Gasteiger partial charge is 0.493 e. The summed E-state index contributed by atoms with van der Waals surface area (Å²) in [6.45, 7) is 2.16. The molecule has 0 spiro atoms. The number of hydrogen-bond donors (Lipinski definition) is 1. The van der Waals surface area contributed by atoms with Crippen LogP contribution in [-0.2, 0) is 15.9 Å². The maximum atomic E-state index is 14.6. The Morgan fingerprint density at radius 1 is 1.25 bits per heavy atom. The number of ether oxygens (including phenoxy) is 3. The molecule has 2 aliphatic heterocycles. The van der Waals surface area contributed by atoms with Gasteiger partial charge in [-0.05, 0) is 19.1 Å². The van der Waals surface area contributed by atoms with Gasteiger partial charge in [-0.15, -0.1) is 0 Å². The molecule has 2 unspecified atom stereocenters. The van der Waals surface area contributed by atoms with E-state index >= 15 is 0 Å². The predicted octanol–water partition coefficient (Wildman–Crippen LogP) is 4.94. The summed E-state index contributed by atoms with van der Waals surface area (Å²) in [6, 6.07) is 3.26. The second kappa shape index (κ2) is 8.91. The summed E-state index contributed by atoms with van der Waals surface area (Å²) in [7, 11) is 2.25. The molecular weight excluding hydrogens is 489 g/mol. The summed E-state index contributed by atoms with van der Waals surface area (Å²) in [4.78, 5) is 20.3. The Hall–Kier alpha value is -3.41. The Bertz CT molecular complexity index is 1280. The molecule has 0 radical (unpaired) electrons. The van der Waals surface area contributed by atoms with Crippen molar-refractivity contribution in [2.45, 2.75) is 44.1 Å². The molecule has 1 aromatic carbocycles. The molecule has 2 aromatic rings. The van der Waals surface area contributed by atoms with Gasteiger partial charge in [0, 0.05) is 35.6 Å². The lowest BCUT2D eigenvalue weighted by Gasteiger charge is -2.32. The summed E-state index contributed by atoms with van der Waals surface area (Å²) in [6.07, 6.45) is -4.99. The van der Waals surface area contributed by atoms with Crippen molar-refractivity contribution in [2.24, 2.45) is 10.9 Å². The number of hydrogen-bond acceptors (Lipinski definition) is 7. The van der Waals surface area contributed by atoms with Crippen molar-refractivity contribution >= 4 is 23.1 Å². The van der Waals surface area contributed by atoms with Crippen molar-refractivity contribution < 1.29 is 41.0 Å². The van der Waals surface area contributed by atoms with Crippen LogP contribution in [0.1, 0.15) is 41.4 Å². The van der Waals surface area contributed by atoms with E-state index in [-0.39, 0.29) is 34.8 Å². The molecular formula is C24H22F5N3O4. The molecule has 1 aromatic heterocycles. The van der Waals surface area contributed by atoms with Gasteiger partial charge in [0.05, 0.1) is 31.3 Å². The van der Waals surface area contributed by atoms with Gasteiger partial charge in [-0.1, -0.05) is 13.0 Å². The fourth-order valence-corrected chi connectivity index (χ4v) is 4.69. The summed E-state index contributed by atoms with van der Waals surface area (Å²) in [5.74, 6) is -6.37. The van der Waals surface area contributed by atoms with Gasteiger partial charge in [0.2, 0.25) is 5.82 Å². The Balaban J connectivity index is 1.91. The van der Waals surface area contributed by atoms with Crippen LogP contribution in [0.3, 0.4) is 0 Å². The number of nitrogens with one attached hydrogen (secondary N) is 1. The monoisotopic (exact) mass is 511 g/mol. The number of benzene rings is 1. The molecule has 2 aliphatic rings. The van der Waals surface area contributed by atoms with Gasteiger partial charge in [0.1, 0.15) is 6.10 Å². The number of carbonyl (C=O) groups excluding carboxylic acids is 1.